The van der Waals surface area contributed by atoms with Gasteiger partial charge in [-0.2, -0.15) is 0 Å². The molecule has 1 aromatic carbocycles. The molecule has 0 saturated carbocycles. The van der Waals surface area contributed by atoms with Gasteiger partial charge in [0.05, 0.1) is 0 Å². The van der Waals surface area contributed by atoms with Crippen LogP contribution in [0, 0.1) is 6.92 Å². The van der Waals surface area contributed by atoms with Crippen molar-refractivity contribution >= 4 is 6.08 Å². The lowest BCUT2D eigenvalue weighted by Crippen LogP contribution is -2.10. The van der Waals surface area contributed by atoms with Crippen LogP contribution < -0.4 is 0 Å². The first-order valence-electron chi connectivity index (χ1n) is 4.40. The van der Waals surface area contributed by atoms with E-state index in [2.05, 4.69) is 51.1 Å². The second-order valence-electron chi connectivity index (χ2n) is 4.09. The standard InChI is InChI=1S/C12H14/c1-9-5-4-6-11-10(9)7-8-12(11,2)3/h4-8H,1-3H3. The molecule has 2 rings (SSSR count). The van der Waals surface area contributed by atoms with Gasteiger partial charge in [-0.25, -0.2) is 0 Å². The average molecular weight is 158 g/mol. The van der Waals surface area contributed by atoms with Crippen LogP contribution in [0.5, 0.6) is 0 Å². The van der Waals surface area contributed by atoms with E-state index in [-0.39, 0.29) is 5.41 Å². The number of fused-ring (bicyclic) bond motifs is 1. The third-order valence-electron chi connectivity index (χ3n) is 2.68. The summed E-state index contributed by atoms with van der Waals surface area (Å²) in [5.41, 5.74) is 4.50. The monoisotopic (exact) mass is 158 g/mol. The van der Waals surface area contributed by atoms with Gasteiger partial charge >= 0.3 is 0 Å². The van der Waals surface area contributed by atoms with E-state index >= 15 is 0 Å². The summed E-state index contributed by atoms with van der Waals surface area (Å²) in [5.74, 6) is 0. The lowest BCUT2D eigenvalue weighted by atomic mass is 9.86. The molecule has 0 heteroatoms. The van der Waals surface area contributed by atoms with E-state index in [1.165, 1.54) is 16.7 Å². The van der Waals surface area contributed by atoms with E-state index in [1.807, 2.05) is 0 Å². The largest absolute Gasteiger partial charge is 0.0738 e. The average Bonchev–Trinajstić information content (AvgIpc) is 2.30. The molecule has 1 aliphatic carbocycles. The molecule has 0 unspecified atom stereocenters. The van der Waals surface area contributed by atoms with Crippen LogP contribution in [0.15, 0.2) is 24.3 Å². The van der Waals surface area contributed by atoms with Gasteiger partial charge in [-0.3, -0.25) is 0 Å². The zero-order chi connectivity index (χ0) is 8.77. The van der Waals surface area contributed by atoms with Crippen LogP contribution in [0.3, 0.4) is 0 Å². The van der Waals surface area contributed by atoms with Crippen LogP contribution in [0.4, 0.5) is 0 Å². The van der Waals surface area contributed by atoms with Crippen molar-refractivity contribution in [2.24, 2.45) is 0 Å². The Kier molecular flexibility index (Phi) is 1.41. The zero-order valence-electron chi connectivity index (χ0n) is 7.89. The van der Waals surface area contributed by atoms with Gasteiger partial charge in [0.15, 0.2) is 0 Å². The van der Waals surface area contributed by atoms with E-state index < -0.39 is 0 Å². The first-order valence-corrected chi connectivity index (χ1v) is 4.40. The van der Waals surface area contributed by atoms with E-state index in [0.29, 0.717) is 0 Å². The third kappa shape index (κ3) is 0.911. The quantitative estimate of drug-likeness (QED) is 0.543. The van der Waals surface area contributed by atoms with Gasteiger partial charge < -0.3 is 0 Å². The minimum atomic E-state index is 0.237. The van der Waals surface area contributed by atoms with Gasteiger partial charge in [0, 0.05) is 5.41 Å². The number of hydrogen-bond acceptors (Lipinski definition) is 0. The van der Waals surface area contributed by atoms with Crippen molar-refractivity contribution < 1.29 is 0 Å². The molecule has 0 radical (unpaired) electrons. The fourth-order valence-electron chi connectivity index (χ4n) is 1.85. The van der Waals surface area contributed by atoms with Gasteiger partial charge in [0.2, 0.25) is 0 Å². The van der Waals surface area contributed by atoms with E-state index in [9.17, 15) is 0 Å². The zero-order valence-corrected chi connectivity index (χ0v) is 7.89. The van der Waals surface area contributed by atoms with E-state index in [0.717, 1.165) is 0 Å². The predicted molar refractivity (Wildman–Crippen MR) is 53.2 cm³/mol. The SMILES string of the molecule is Cc1cccc2c1C=CC2(C)C. The van der Waals surface area contributed by atoms with Gasteiger partial charge in [-0.15, -0.1) is 0 Å². The molecule has 0 nitrogen and oxygen atoms in total. The van der Waals surface area contributed by atoms with Crippen LogP contribution in [-0.4, -0.2) is 0 Å². The van der Waals surface area contributed by atoms with Gasteiger partial charge in [0.1, 0.15) is 0 Å². The fraction of sp³-hybridized carbons (Fsp3) is 0.333. The van der Waals surface area contributed by atoms with Gasteiger partial charge in [-0.1, -0.05) is 44.2 Å². The molecule has 0 aliphatic heterocycles. The van der Waals surface area contributed by atoms with Gasteiger partial charge in [0.25, 0.3) is 0 Å². The number of allylic oxidation sites excluding steroid dienone is 1. The summed E-state index contributed by atoms with van der Waals surface area (Å²) in [6.07, 6.45) is 4.52. The van der Waals surface area contributed by atoms with Crippen molar-refractivity contribution in [2.75, 3.05) is 0 Å². The number of benzene rings is 1. The molecule has 0 N–H and O–H groups in total. The first kappa shape index (κ1) is 7.60. The molecule has 12 heavy (non-hydrogen) atoms. The molecule has 0 spiro atoms. The third-order valence-corrected chi connectivity index (χ3v) is 2.68. The summed E-state index contributed by atoms with van der Waals surface area (Å²) in [6, 6.07) is 6.54. The second kappa shape index (κ2) is 2.22. The maximum Gasteiger partial charge on any atom is 0.00846 e. The lowest BCUT2D eigenvalue weighted by Gasteiger charge is -2.17. The Balaban J connectivity index is 2.68. The molecule has 0 heterocycles. The highest BCUT2D eigenvalue weighted by molar-refractivity contribution is 5.67. The van der Waals surface area contributed by atoms with Crippen molar-refractivity contribution in [2.45, 2.75) is 26.2 Å². The summed E-state index contributed by atoms with van der Waals surface area (Å²) in [6.45, 7) is 6.69. The Bertz CT molecular complexity index is 343. The van der Waals surface area contributed by atoms with Crippen LogP contribution in [-0.2, 0) is 5.41 Å². The molecule has 0 aromatic heterocycles. The molecule has 0 atom stereocenters. The number of aryl methyl sites for hydroxylation is 1. The number of hydrogen-bond donors (Lipinski definition) is 0. The molecular weight excluding hydrogens is 144 g/mol. The van der Waals surface area contributed by atoms with Crippen molar-refractivity contribution in [1.82, 2.24) is 0 Å². The van der Waals surface area contributed by atoms with Crippen molar-refractivity contribution in [3.63, 3.8) is 0 Å². The highest BCUT2D eigenvalue weighted by Gasteiger charge is 2.24. The van der Waals surface area contributed by atoms with Crippen molar-refractivity contribution in [3.8, 4) is 0 Å². The maximum absolute atomic E-state index is 2.28. The summed E-state index contributed by atoms with van der Waals surface area (Å²) in [7, 11) is 0. The maximum atomic E-state index is 2.28. The minimum absolute atomic E-state index is 0.237. The van der Waals surface area contributed by atoms with E-state index in [1.54, 1.807) is 0 Å². The topological polar surface area (TPSA) is 0 Å². The van der Waals surface area contributed by atoms with Crippen LogP contribution in [0.25, 0.3) is 6.08 Å². The molecular formula is C12H14. The molecule has 0 fully saturated rings. The number of rotatable bonds is 0. The summed E-state index contributed by atoms with van der Waals surface area (Å²) < 4.78 is 0. The van der Waals surface area contributed by atoms with Crippen molar-refractivity contribution in [1.29, 1.82) is 0 Å². The van der Waals surface area contributed by atoms with Crippen LogP contribution in [0.2, 0.25) is 0 Å². The van der Waals surface area contributed by atoms with E-state index in [4.69, 9.17) is 0 Å². The Labute approximate surface area is 73.9 Å². The molecule has 1 aliphatic rings. The lowest BCUT2D eigenvalue weighted by molar-refractivity contribution is 0.683. The first-order chi connectivity index (χ1) is 5.61. The summed E-state index contributed by atoms with van der Waals surface area (Å²) >= 11 is 0. The molecule has 0 amide bonds. The summed E-state index contributed by atoms with van der Waals surface area (Å²) in [5, 5.41) is 0. The Hall–Kier alpha value is -1.04. The molecule has 0 bridgehead atoms. The Morgan fingerprint density at radius 3 is 2.58 bits per heavy atom. The van der Waals surface area contributed by atoms with Gasteiger partial charge in [-0.05, 0) is 23.6 Å². The highest BCUT2D eigenvalue weighted by atomic mass is 14.3. The Morgan fingerprint density at radius 2 is 1.92 bits per heavy atom. The highest BCUT2D eigenvalue weighted by Crippen LogP contribution is 2.36. The van der Waals surface area contributed by atoms with Crippen LogP contribution in [0.1, 0.15) is 30.5 Å². The fourth-order valence-corrected chi connectivity index (χ4v) is 1.85. The molecule has 1 aromatic rings. The van der Waals surface area contributed by atoms with Crippen molar-refractivity contribution in [3.05, 3.63) is 41.0 Å². The Morgan fingerprint density at radius 1 is 1.17 bits per heavy atom. The predicted octanol–water partition coefficient (Wildman–Crippen LogP) is 3.30. The normalized spacial score (nSPS) is 17.9. The minimum Gasteiger partial charge on any atom is -0.0738 e. The smallest absolute Gasteiger partial charge is 0.00846 e. The molecule has 62 valence electrons. The van der Waals surface area contributed by atoms with Crippen LogP contribution >= 0.6 is 0 Å². The second-order valence-corrected chi connectivity index (χ2v) is 4.09. The molecule has 0 saturated heterocycles. The summed E-state index contributed by atoms with van der Waals surface area (Å²) in [4.78, 5) is 0.